The number of carboxylic acids is 1. The summed E-state index contributed by atoms with van der Waals surface area (Å²) in [5, 5.41) is 18.9. The van der Waals surface area contributed by atoms with Crippen LogP contribution >= 0.6 is 0 Å². The van der Waals surface area contributed by atoms with E-state index in [1.54, 1.807) is 0 Å². The first-order chi connectivity index (χ1) is 11.7. The number of rotatable bonds is 19. The molecule has 0 spiro atoms. The predicted octanol–water partition coefficient (Wildman–Crippen LogP) is 5.84. The van der Waals surface area contributed by atoms with E-state index < -0.39 is 5.97 Å². The third-order valence-electron chi connectivity index (χ3n) is 4.12. The van der Waals surface area contributed by atoms with Gasteiger partial charge in [-0.25, -0.2) is 5.11 Å². The molecule has 0 atom stereocenters. The van der Waals surface area contributed by atoms with Crippen molar-refractivity contribution in [1.82, 2.24) is 0 Å². The molecule has 0 aromatic heterocycles. The van der Waals surface area contributed by atoms with E-state index in [-0.39, 0.29) is 5.92 Å². The van der Waals surface area contributed by atoms with Crippen LogP contribution in [0.4, 0.5) is 0 Å². The van der Waals surface area contributed by atoms with E-state index in [1.807, 2.05) is 6.42 Å². The molecule has 0 aromatic carbocycles. The molecule has 3 heteroatoms. The summed E-state index contributed by atoms with van der Waals surface area (Å²) < 4.78 is 0. The van der Waals surface area contributed by atoms with E-state index in [0.717, 1.165) is 19.3 Å². The van der Waals surface area contributed by atoms with Crippen molar-refractivity contribution in [1.29, 1.82) is 0 Å². The van der Waals surface area contributed by atoms with Gasteiger partial charge in [0.05, 0.1) is 5.92 Å². The molecule has 0 aromatic rings. The summed E-state index contributed by atoms with van der Waals surface area (Å²) in [7, 11) is 0. The molecule has 134 valence electrons. The summed E-state index contributed by atoms with van der Waals surface area (Å²) in [6, 6.07) is 0. The van der Waals surface area contributed by atoms with Gasteiger partial charge in [0, 0.05) is 19.3 Å². The first-order valence-corrected chi connectivity index (χ1v) is 9.44. The molecule has 0 unspecified atom stereocenters. The zero-order chi connectivity index (χ0) is 17.9. The minimum absolute atomic E-state index is 0.154. The minimum Gasteiger partial charge on any atom is -0.481 e. The smallest absolute Gasteiger partial charge is 0.311 e. The molecule has 0 aliphatic heterocycles. The Morgan fingerprint density at radius 2 is 1.21 bits per heavy atom. The second kappa shape index (κ2) is 18.8. The number of aliphatic carboxylic acids is 1. The Bertz CT molecular complexity index is 266. The summed E-state index contributed by atoms with van der Waals surface area (Å²) in [6.07, 6.45) is 23.6. The highest BCUT2D eigenvalue weighted by Crippen LogP contribution is 2.19. The van der Waals surface area contributed by atoms with Crippen molar-refractivity contribution in [2.24, 2.45) is 0 Å². The van der Waals surface area contributed by atoms with E-state index in [1.165, 1.54) is 70.8 Å². The summed E-state index contributed by atoms with van der Waals surface area (Å²) >= 11 is 0. The van der Waals surface area contributed by atoms with Crippen molar-refractivity contribution in [2.45, 2.75) is 96.8 Å². The third kappa shape index (κ3) is 16.3. The van der Waals surface area contributed by atoms with Gasteiger partial charge in [0.2, 0.25) is 0 Å². The number of hydrogen-bond acceptors (Lipinski definition) is 1. The van der Waals surface area contributed by atoms with Crippen molar-refractivity contribution in [3.8, 4) is 0 Å². The van der Waals surface area contributed by atoms with Gasteiger partial charge in [-0.3, -0.25) is 4.79 Å². The topological polar surface area (TPSA) is 57.2 Å². The first-order valence-electron chi connectivity index (χ1n) is 9.44. The number of hydrogen-bond donors (Lipinski definition) is 1. The zero-order valence-electron chi connectivity index (χ0n) is 15.2. The summed E-state index contributed by atoms with van der Waals surface area (Å²) in [6.45, 7) is 3.65. The standard InChI is InChI=1S/C21H32O3/c1-2-3-4-5-6-7-8-9-10-11-12-13-14-17-20(21(23)24)18-15-16-19-22/h2-14,17H2,1H3,(H,23,24). The van der Waals surface area contributed by atoms with E-state index in [9.17, 15) is 9.90 Å². The molecule has 10 radical (unpaired) electrons. The molecule has 0 saturated heterocycles. The van der Waals surface area contributed by atoms with Crippen LogP contribution in [0.2, 0.25) is 0 Å². The van der Waals surface area contributed by atoms with Crippen LogP contribution < -0.4 is 0 Å². The average molecular weight is 332 g/mol. The quantitative estimate of drug-likeness (QED) is 0.302. The lowest BCUT2D eigenvalue weighted by Gasteiger charge is -2.09. The highest BCUT2D eigenvalue weighted by Gasteiger charge is 2.18. The highest BCUT2D eigenvalue weighted by molar-refractivity contribution is 5.85. The van der Waals surface area contributed by atoms with E-state index in [2.05, 4.69) is 19.8 Å². The Balaban J connectivity index is 3.32. The monoisotopic (exact) mass is 332 g/mol. The van der Waals surface area contributed by atoms with E-state index in [4.69, 9.17) is 5.11 Å². The molecule has 0 amide bonds. The lowest BCUT2D eigenvalue weighted by atomic mass is 9.95. The third-order valence-corrected chi connectivity index (χ3v) is 4.12. The summed E-state index contributed by atoms with van der Waals surface area (Å²) in [5.74, 6) is -0.852. The molecule has 0 aliphatic carbocycles. The number of carbonyl (C=O) groups is 1. The molecule has 3 nitrogen and oxygen atoms in total. The SMILES string of the molecule is CCCCCCCCCCCCCCC[C]([C][C][C][C][O])C(=O)O. The van der Waals surface area contributed by atoms with Gasteiger partial charge >= 0.3 is 5.97 Å². The van der Waals surface area contributed by atoms with Gasteiger partial charge in [0.15, 0.2) is 6.61 Å². The second-order valence-corrected chi connectivity index (χ2v) is 6.25. The molecular weight excluding hydrogens is 300 g/mol. The van der Waals surface area contributed by atoms with Crippen LogP contribution in [-0.2, 0) is 9.90 Å². The Hall–Kier alpha value is -0.570. The molecule has 0 bridgehead atoms. The predicted molar refractivity (Wildman–Crippen MR) is 94.8 cm³/mol. The van der Waals surface area contributed by atoms with Gasteiger partial charge in [-0.15, -0.1) is 0 Å². The van der Waals surface area contributed by atoms with Gasteiger partial charge in [-0.1, -0.05) is 90.4 Å². The van der Waals surface area contributed by atoms with Crippen LogP contribution in [0.5, 0.6) is 0 Å². The maximum Gasteiger partial charge on any atom is 0.311 e. The Kier molecular flexibility index (Phi) is 18.3. The van der Waals surface area contributed by atoms with Crippen molar-refractivity contribution >= 4 is 5.97 Å². The molecule has 0 aliphatic rings. The normalized spacial score (nSPS) is 11.3. The summed E-state index contributed by atoms with van der Waals surface area (Å²) in [5.41, 5.74) is 0. The lowest BCUT2D eigenvalue weighted by Crippen LogP contribution is -2.12. The van der Waals surface area contributed by atoms with Crippen LogP contribution in [0.15, 0.2) is 0 Å². The minimum atomic E-state index is -1.01. The van der Waals surface area contributed by atoms with Crippen LogP contribution in [0.3, 0.4) is 0 Å². The number of unbranched alkanes of at least 4 members (excludes halogenated alkanes) is 13. The van der Waals surface area contributed by atoms with Gasteiger partial charge in [0.25, 0.3) is 0 Å². The molecule has 24 heavy (non-hydrogen) atoms. The molecule has 1 N–H and O–H groups in total. The second-order valence-electron chi connectivity index (χ2n) is 6.25. The molecule has 0 heterocycles. The Morgan fingerprint density at radius 1 is 0.750 bits per heavy atom. The van der Waals surface area contributed by atoms with Gasteiger partial charge in [-0.05, 0) is 6.42 Å². The van der Waals surface area contributed by atoms with E-state index in [0.29, 0.717) is 6.42 Å². The Morgan fingerprint density at radius 3 is 1.62 bits per heavy atom. The Labute approximate surface area is 150 Å². The van der Waals surface area contributed by atoms with Crippen LogP contribution in [-0.4, -0.2) is 11.1 Å². The fraction of sp³-hybridized carbons (Fsp3) is 0.714. The van der Waals surface area contributed by atoms with Crippen molar-refractivity contribution in [3.63, 3.8) is 0 Å². The van der Waals surface area contributed by atoms with E-state index >= 15 is 0 Å². The van der Waals surface area contributed by atoms with Gasteiger partial charge in [-0.2, -0.15) is 0 Å². The molecule has 0 rings (SSSR count). The molecular formula is C21H32O3. The van der Waals surface area contributed by atoms with Gasteiger partial charge in [0.1, 0.15) is 0 Å². The summed E-state index contributed by atoms with van der Waals surface area (Å²) in [4.78, 5) is 11.0. The first kappa shape index (κ1) is 23.4. The fourth-order valence-corrected chi connectivity index (χ4v) is 2.67. The maximum atomic E-state index is 11.0. The molecule has 0 fully saturated rings. The largest absolute Gasteiger partial charge is 0.481 e. The maximum absolute atomic E-state index is 11.0. The lowest BCUT2D eigenvalue weighted by molar-refractivity contribution is -0.134. The van der Waals surface area contributed by atoms with Crippen LogP contribution in [0.1, 0.15) is 96.8 Å². The number of carboxylic acid groups (broad SMARTS) is 1. The van der Waals surface area contributed by atoms with Crippen LogP contribution in [0.25, 0.3) is 0 Å². The average Bonchev–Trinajstić information content (AvgIpc) is 2.57. The molecule has 0 saturated carbocycles. The fourth-order valence-electron chi connectivity index (χ4n) is 2.67. The van der Waals surface area contributed by atoms with Crippen molar-refractivity contribution in [3.05, 3.63) is 31.8 Å². The van der Waals surface area contributed by atoms with Gasteiger partial charge < -0.3 is 5.11 Å². The van der Waals surface area contributed by atoms with Crippen molar-refractivity contribution in [2.75, 3.05) is 0 Å². The van der Waals surface area contributed by atoms with Crippen molar-refractivity contribution < 1.29 is 15.0 Å². The zero-order valence-corrected chi connectivity index (χ0v) is 15.2. The highest BCUT2D eigenvalue weighted by atomic mass is 16.4. The van der Waals surface area contributed by atoms with Crippen LogP contribution in [0, 0.1) is 31.8 Å².